The first-order valence-corrected chi connectivity index (χ1v) is 5.96. The van der Waals surface area contributed by atoms with Crippen molar-refractivity contribution in [1.29, 1.82) is 0 Å². The van der Waals surface area contributed by atoms with Crippen LogP contribution in [-0.4, -0.2) is 11.9 Å². The Morgan fingerprint density at radius 1 is 1.31 bits per heavy atom. The Bertz CT molecular complexity index is 424. The molecule has 1 aromatic carbocycles. The minimum Gasteiger partial charge on any atom is -0.326 e. The minimum atomic E-state index is 0.136. The van der Waals surface area contributed by atoms with Gasteiger partial charge in [0, 0.05) is 24.7 Å². The normalized spacial score (nSPS) is 19.1. The molecule has 1 heterocycles. The van der Waals surface area contributed by atoms with Crippen LogP contribution in [0.15, 0.2) is 18.2 Å². The van der Waals surface area contributed by atoms with E-state index in [1.165, 1.54) is 24.0 Å². The van der Waals surface area contributed by atoms with E-state index in [1.807, 2.05) is 6.07 Å². The number of aryl methyl sites for hydroxylation is 1. The van der Waals surface area contributed by atoms with Crippen molar-refractivity contribution < 1.29 is 4.79 Å². The zero-order chi connectivity index (χ0) is 11.0. The van der Waals surface area contributed by atoms with Gasteiger partial charge in [-0.3, -0.25) is 4.79 Å². The second-order valence-electron chi connectivity index (χ2n) is 4.69. The molecule has 0 aromatic heterocycles. The van der Waals surface area contributed by atoms with E-state index >= 15 is 0 Å². The number of carbonyl (C=O) groups is 1. The zero-order valence-corrected chi connectivity index (χ0v) is 9.25. The Labute approximate surface area is 95.2 Å². The molecule has 2 aliphatic rings. The molecule has 16 heavy (non-hydrogen) atoms. The van der Waals surface area contributed by atoms with E-state index in [0.29, 0.717) is 6.42 Å². The van der Waals surface area contributed by atoms with E-state index in [-0.39, 0.29) is 5.91 Å². The fraction of sp³-hybridized carbons (Fsp3) is 0.462. The number of hydrogen-bond acceptors (Lipinski definition) is 2. The van der Waals surface area contributed by atoms with Crippen molar-refractivity contribution in [3.05, 3.63) is 29.3 Å². The van der Waals surface area contributed by atoms with Crippen molar-refractivity contribution in [3.8, 4) is 0 Å². The summed E-state index contributed by atoms with van der Waals surface area (Å²) in [5.74, 6) is 0.136. The molecule has 0 spiro atoms. The van der Waals surface area contributed by atoms with Gasteiger partial charge in [-0.05, 0) is 36.5 Å². The lowest BCUT2D eigenvalue weighted by molar-refractivity contribution is -0.116. The van der Waals surface area contributed by atoms with Crippen LogP contribution in [0.2, 0.25) is 0 Å². The first-order valence-electron chi connectivity index (χ1n) is 5.96. The average molecular weight is 216 g/mol. The van der Waals surface area contributed by atoms with Gasteiger partial charge >= 0.3 is 0 Å². The second-order valence-corrected chi connectivity index (χ2v) is 4.69. The third-order valence-corrected chi connectivity index (χ3v) is 3.24. The topological polar surface area (TPSA) is 41.1 Å². The Morgan fingerprint density at radius 2 is 2.19 bits per heavy atom. The highest BCUT2D eigenvalue weighted by Gasteiger charge is 2.20. The van der Waals surface area contributed by atoms with Gasteiger partial charge in [-0.2, -0.15) is 0 Å². The van der Waals surface area contributed by atoms with Gasteiger partial charge in [0.05, 0.1) is 0 Å². The molecule has 0 saturated heterocycles. The Morgan fingerprint density at radius 3 is 3.00 bits per heavy atom. The summed E-state index contributed by atoms with van der Waals surface area (Å²) in [4.78, 5) is 11.2. The first-order chi connectivity index (χ1) is 7.81. The molecule has 3 heteroatoms. The highest BCUT2D eigenvalue weighted by Crippen LogP contribution is 2.24. The predicted molar refractivity (Wildman–Crippen MR) is 63.3 cm³/mol. The molecule has 0 unspecified atom stereocenters. The minimum absolute atomic E-state index is 0.136. The van der Waals surface area contributed by atoms with Crippen LogP contribution in [0.3, 0.4) is 0 Å². The van der Waals surface area contributed by atoms with Crippen LogP contribution in [0, 0.1) is 0 Å². The number of amides is 1. The van der Waals surface area contributed by atoms with E-state index in [1.54, 1.807) is 0 Å². The number of nitrogens with one attached hydrogen (secondary N) is 2. The van der Waals surface area contributed by atoms with Gasteiger partial charge in [-0.15, -0.1) is 0 Å². The lowest BCUT2D eigenvalue weighted by atomic mass is 10.0. The SMILES string of the molecule is O=C1CCc2cc(CNC3CC3)ccc2N1. The molecule has 0 radical (unpaired) electrons. The van der Waals surface area contributed by atoms with E-state index < -0.39 is 0 Å². The Balaban J connectivity index is 1.73. The molecular formula is C13H16N2O. The van der Waals surface area contributed by atoms with Crippen molar-refractivity contribution in [2.75, 3.05) is 5.32 Å². The van der Waals surface area contributed by atoms with E-state index in [0.717, 1.165) is 24.7 Å². The number of fused-ring (bicyclic) bond motifs is 1. The van der Waals surface area contributed by atoms with Crippen LogP contribution < -0.4 is 10.6 Å². The van der Waals surface area contributed by atoms with Crippen LogP contribution in [0.4, 0.5) is 5.69 Å². The molecular weight excluding hydrogens is 200 g/mol. The number of hydrogen-bond donors (Lipinski definition) is 2. The van der Waals surface area contributed by atoms with E-state index in [2.05, 4.69) is 22.8 Å². The van der Waals surface area contributed by atoms with Crippen LogP contribution in [-0.2, 0) is 17.8 Å². The second kappa shape index (κ2) is 3.91. The standard InChI is InChI=1S/C13H16N2O/c16-13-6-2-10-7-9(1-5-12(10)15-13)8-14-11-3-4-11/h1,5,7,11,14H,2-4,6,8H2,(H,15,16). The number of carbonyl (C=O) groups excluding carboxylic acids is 1. The molecule has 3 nitrogen and oxygen atoms in total. The molecule has 1 amide bonds. The molecule has 0 bridgehead atoms. The molecule has 3 rings (SSSR count). The van der Waals surface area contributed by atoms with E-state index in [9.17, 15) is 4.79 Å². The fourth-order valence-corrected chi connectivity index (χ4v) is 2.10. The maximum Gasteiger partial charge on any atom is 0.224 e. The van der Waals surface area contributed by atoms with Gasteiger partial charge in [0.1, 0.15) is 0 Å². The van der Waals surface area contributed by atoms with E-state index in [4.69, 9.17) is 0 Å². The summed E-state index contributed by atoms with van der Waals surface area (Å²) in [5, 5.41) is 6.41. The lowest BCUT2D eigenvalue weighted by Crippen LogP contribution is -2.20. The van der Waals surface area contributed by atoms with Gasteiger partial charge in [-0.25, -0.2) is 0 Å². The van der Waals surface area contributed by atoms with Crippen LogP contribution >= 0.6 is 0 Å². The number of benzene rings is 1. The number of anilines is 1. The average Bonchev–Trinajstić information content (AvgIpc) is 3.10. The smallest absolute Gasteiger partial charge is 0.224 e. The molecule has 1 aliphatic carbocycles. The van der Waals surface area contributed by atoms with Crippen LogP contribution in [0.1, 0.15) is 30.4 Å². The van der Waals surface area contributed by atoms with Gasteiger partial charge in [-0.1, -0.05) is 12.1 Å². The van der Waals surface area contributed by atoms with Crippen LogP contribution in [0.25, 0.3) is 0 Å². The molecule has 1 fully saturated rings. The molecule has 84 valence electrons. The highest BCUT2D eigenvalue weighted by atomic mass is 16.1. The van der Waals surface area contributed by atoms with Crippen molar-refractivity contribution in [2.24, 2.45) is 0 Å². The quantitative estimate of drug-likeness (QED) is 0.809. The highest BCUT2D eigenvalue weighted by molar-refractivity contribution is 5.93. The van der Waals surface area contributed by atoms with Gasteiger partial charge < -0.3 is 10.6 Å². The summed E-state index contributed by atoms with van der Waals surface area (Å²) in [6, 6.07) is 7.08. The van der Waals surface area contributed by atoms with Crippen LogP contribution in [0.5, 0.6) is 0 Å². The molecule has 2 N–H and O–H groups in total. The Kier molecular flexibility index (Phi) is 2.40. The van der Waals surface area contributed by atoms with Crippen molar-refractivity contribution in [3.63, 3.8) is 0 Å². The summed E-state index contributed by atoms with van der Waals surface area (Å²) in [5.41, 5.74) is 3.59. The summed E-state index contributed by atoms with van der Waals surface area (Å²) in [6.07, 6.45) is 4.13. The summed E-state index contributed by atoms with van der Waals surface area (Å²) >= 11 is 0. The Hall–Kier alpha value is -1.35. The maximum atomic E-state index is 11.2. The van der Waals surface area contributed by atoms with Gasteiger partial charge in [0.2, 0.25) is 5.91 Å². The van der Waals surface area contributed by atoms with Crippen molar-refractivity contribution >= 4 is 11.6 Å². The van der Waals surface area contributed by atoms with Gasteiger partial charge in [0.15, 0.2) is 0 Å². The van der Waals surface area contributed by atoms with Gasteiger partial charge in [0.25, 0.3) is 0 Å². The largest absolute Gasteiger partial charge is 0.326 e. The lowest BCUT2D eigenvalue weighted by Gasteiger charge is -2.17. The predicted octanol–water partition coefficient (Wildman–Crippen LogP) is 1.82. The molecule has 1 saturated carbocycles. The summed E-state index contributed by atoms with van der Waals surface area (Å²) in [7, 11) is 0. The third kappa shape index (κ3) is 2.09. The molecule has 1 aliphatic heterocycles. The molecule has 1 aromatic rings. The third-order valence-electron chi connectivity index (χ3n) is 3.24. The van der Waals surface area contributed by atoms with Crippen molar-refractivity contribution in [2.45, 2.75) is 38.3 Å². The molecule has 0 atom stereocenters. The first kappa shape index (κ1) is 9.85. The summed E-state index contributed by atoms with van der Waals surface area (Å²) < 4.78 is 0. The number of rotatable bonds is 3. The monoisotopic (exact) mass is 216 g/mol. The summed E-state index contributed by atoms with van der Waals surface area (Å²) in [6.45, 7) is 0.950. The van der Waals surface area contributed by atoms with Crippen molar-refractivity contribution in [1.82, 2.24) is 5.32 Å². The zero-order valence-electron chi connectivity index (χ0n) is 9.25. The maximum absolute atomic E-state index is 11.2. The fourth-order valence-electron chi connectivity index (χ4n) is 2.10.